The van der Waals surface area contributed by atoms with E-state index in [-0.39, 0.29) is 5.97 Å². The molecule has 0 bridgehead atoms. The summed E-state index contributed by atoms with van der Waals surface area (Å²) in [5.41, 5.74) is 1.52. The van der Waals surface area contributed by atoms with Crippen molar-refractivity contribution < 1.29 is 9.53 Å². The highest BCUT2D eigenvalue weighted by Gasteiger charge is 2.28. The molecular formula is C20H26O2. The quantitative estimate of drug-likeness (QED) is 0.533. The molecule has 0 atom stereocenters. The predicted molar refractivity (Wildman–Crippen MR) is 92.9 cm³/mol. The standard InChI is InChI=1S/C18H20O2.C2H6/c1-4-18(2,3)17(19)20-16-13-9-8-12-15(16)14-10-6-5-7-11-14;1-2/h5-13H,4H2,1-3H3;1-2H3. The monoisotopic (exact) mass is 298 g/mol. The van der Waals surface area contributed by atoms with Gasteiger partial charge >= 0.3 is 5.97 Å². The van der Waals surface area contributed by atoms with E-state index < -0.39 is 5.41 Å². The molecule has 0 amide bonds. The van der Waals surface area contributed by atoms with Crippen LogP contribution in [0.4, 0.5) is 0 Å². The molecule has 0 aliphatic rings. The fourth-order valence-electron chi connectivity index (χ4n) is 1.79. The molecule has 0 N–H and O–H groups in total. The van der Waals surface area contributed by atoms with E-state index in [1.807, 2.05) is 89.2 Å². The van der Waals surface area contributed by atoms with Gasteiger partial charge in [-0.2, -0.15) is 0 Å². The Hall–Kier alpha value is -2.09. The van der Waals surface area contributed by atoms with Gasteiger partial charge in [-0.1, -0.05) is 69.3 Å². The Morgan fingerprint density at radius 2 is 1.50 bits per heavy atom. The first kappa shape index (κ1) is 18.0. The maximum atomic E-state index is 12.2. The summed E-state index contributed by atoms with van der Waals surface area (Å²) < 4.78 is 5.62. The Kier molecular flexibility index (Phi) is 6.84. The molecule has 0 radical (unpaired) electrons. The van der Waals surface area contributed by atoms with Gasteiger partial charge in [0.15, 0.2) is 0 Å². The van der Waals surface area contributed by atoms with E-state index in [2.05, 4.69) is 0 Å². The maximum Gasteiger partial charge on any atom is 0.316 e. The van der Waals surface area contributed by atoms with Crippen LogP contribution in [-0.2, 0) is 4.79 Å². The summed E-state index contributed by atoms with van der Waals surface area (Å²) in [5, 5.41) is 0. The highest BCUT2D eigenvalue weighted by molar-refractivity contribution is 5.81. The maximum absolute atomic E-state index is 12.2. The van der Waals surface area contributed by atoms with Crippen LogP contribution >= 0.6 is 0 Å². The number of rotatable bonds is 4. The number of carbonyl (C=O) groups is 1. The Balaban J connectivity index is 0.00000116. The number of hydrogen-bond acceptors (Lipinski definition) is 2. The molecule has 0 aromatic heterocycles. The van der Waals surface area contributed by atoms with Gasteiger partial charge in [0.1, 0.15) is 5.75 Å². The largest absolute Gasteiger partial charge is 0.425 e. The van der Waals surface area contributed by atoms with E-state index in [9.17, 15) is 4.79 Å². The minimum absolute atomic E-state index is 0.191. The van der Waals surface area contributed by atoms with E-state index in [1.165, 1.54) is 0 Å². The van der Waals surface area contributed by atoms with Crippen molar-refractivity contribution in [2.24, 2.45) is 5.41 Å². The van der Waals surface area contributed by atoms with Gasteiger partial charge in [-0.3, -0.25) is 4.79 Å². The van der Waals surface area contributed by atoms with Crippen molar-refractivity contribution in [2.45, 2.75) is 41.0 Å². The number of benzene rings is 2. The molecule has 0 aliphatic heterocycles. The number of ether oxygens (including phenoxy) is 1. The predicted octanol–water partition coefficient (Wildman–Crippen LogP) is 5.72. The molecule has 2 rings (SSSR count). The summed E-state index contributed by atoms with van der Waals surface area (Å²) in [5.74, 6) is 0.425. The van der Waals surface area contributed by atoms with Gasteiger partial charge in [0.05, 0.1) is 5.41 Å². The lowest BCUT2D eigenvalue weighted by atomic mass is 9.90. The topological polar surface area (TPSA) is 26.3 Å². The van der Waals surface area contributed by atoms with Crippen molar-refractivity contribution in [2.75, 3.05) is 0 Å². The third kappa shape index (κ3) is 4.45. The van der Waals surface area contributed by atoms with Crippen LogP contribution in [0, 0.1) is 5.41 Å². The first-order valence-electron chi connectivity index (χ1n) is 7.91. The van der Waals surface area contributed by atoms with Crippen molar-refractivity contribution in [3.05, 3.63) is 54.6 Å². The van der Waals surface area contributed by atoms with Crippen LogP contribution in [0.5, 0.6) is 5.75 Å². The molecule has 0 unspecified atom stereocenters. The van der Waals surface area contributed by atoms with E-state index in [4.69, 9.17) is 4.74 Å². The zero-order valence-corrected chi connectivity index (χ0v) is 14.2. The van der Waals surface area contributed by atoms with Crippen LogP contribution in [-0.4, -0.2) is 5.97 Å². The molecule has 22 heavy (non-hydrogen) atoms. The van der Waals surface area contributed by atoms with E-state index in [0.717, 1.165) is 17.5 Å². The molecule has 0 saturated heterocycles. The lowest BCUT2D eigenvalue weighted by molar-refractivity contribution is -0.144. The first-order chi connectivity index (χ1) is 10.5. The number of para-hydroxylation sites is 1. The van der Waals surface area contributed by atoms with Crippen LogP contribution in [0.2, 0.25) is 0 Å². The molecule has 2 heteroatoms. The second-order valence-corrected chi connectivity index (χ2v) is 5.49. The summed E-state index contributed by atoms with van der Waals surface area (Å²) in [6.07, 6.45) is 0.749. The van der Waals surface area contributed by atoms with Gasteiger partial charge in [-0.15, -0.1) is 0 Å². The number of esters is 1. The van der Waals surface area contributed by atoms with Gasteiger partial charge in [-0.25, -0.2) is 0 Å². The zero-order valence-electron chi connectivity index (χ0n) is 14.2. The van der Waals surface area contributed by atoms with Crippen LogP contribution in [0.1, 0.15) is 41.0 Å². The summed E-state index contributed by atoms with van der Waals surface area (Å²) in [6.45, 7) is 9.80. The second kappa shape index (κ2) is 8.38. The molecule has 2 aromatic rings. The molecule has 118 valence electrons. The smallest absolute Gasteiger partial charge is 0.316 e. The molecule has 0 saturated carbocycles. The normalized spacial score (nSPS) is 10.4. The highest BCUT2D eigenvalue weighted by atomic mass is 16.5. The molecule has 0 heterocycles. The molecule has 0 spiro atoms. The Labute approximate surface area is 134 Å². The SMILES string of the molecule is CC.CCC(C)(C)C(=O)Oc1ccccc1-c1ccccc1. The van der Waals surface area contributed by atoms with Crippen LogP contribution < -0.4 is 4.74 Å². The zero-order chi connectivity index (χ0) is 16.6. The third-order valence-corrected chi connectivity index (χ3v) is 3.61. The van der Waals surface area contributed by atoms with E-state index >= 15 is 0 Å². The van der Waals surface area contributed by atoms with E-state index in [0.29, 0.717) is 5.75 Å². The van der Waals surface area contributed by atoms with Crippen molar-refractivity contribution in [3.8, 4) is 16.9 Å². The number of hydrogen-bond donors (Lipinski definition) is 0. The lowest BCUT2D eigenvalue weighted by Gasteiger charge is -2.21. The highest BCUT2D eigenvalue weighted by Crippen LogP contribution is 2.32. The Bertz CT molecular complexity index is 586. The van der Waals surface area contributed by atoms with Crippen LogP contribution in [0.3, 0.4) is 0 Å². The van der Waals surface area contributed by atoms with Gasteiger partial charge in [0.2, 0.25) is 0 Å². The lowest BCUT2D eigenvalue weighted by Crippen LogP contribution is -2.28. The fraction of sp³-hybridized carbons (Fsp3) is 0.350. The molecule has 0 fully saturated rings. The van der Waals surface area contributed by atoms with Crippen molar-refractivity contribution in [1.29, 1.82) is 0 Å². The summed E-state index contributed by atoms with van der Waals surface area (Å²) in [7, 11) is 0. The van der Waals surface area contributed by atoms with Crippen LogP contribution in [0.25, 0.3) is 11.1 Å². The second-order valence-electron chi connectivity index (χ2n) is 5.49. The number of carbonyl (C=O) groups excluding carboxylic acids is 1. The van der Waals surface area contributed by atoms with E-state index in [1.54, 1.807) is 0 Å². The first-order valence-corrected chi connectivity index (χ1v) is 7.91. The van der Waals surface area contributed by atoms with Gasteiger partial charge in [0, 0.05) is 5.56 Å². The average molecular weight is 298 g/mol. The Morgan fingerprint density at radius 3 is 2.09 bits per heavy atom. The average Bonchev–Trinajstić information content (AvgIpc) is 2.58. The minimum Gasteiger partial charge on any atom is -0.425 e. The van der Waals surface area contributed by atoms with Gasteiger partial charge in [0.25, 0.3) is 0 Å². The van der Waals surface area contributed by atoms with Crippen molar-refractivity contribution in [1.82, 2.24) is 0 Å². The van der Waals surface area contributed by atoms with Gasteiger partial charge < -0.3 is 4.74 Å². The third-order valence-electron chi connectivity index (χ3n) is 3.61. The van der Waals surface area contributed by atoms with Crippen molar-refractivity contribution >= 4 is 5.97 Å². The summed E-state index contributed by atoms with van der Waals surface area (Å²) in [6, 6.07) is 17.6. The molecule has 2 aromatic carbocycles. The molecular weight excluding hydrogens is 272 g/mol. The molecule has 2 nitrogen and oxygen atoms in total. The summed E-state index contributed by atoms with van der Waals surface area (Å²) >= 11 is 0. The van der Waals surface area contributed by atoms with Crippen LogP contribution in [0.15, 0.2) is 54.6 Å². The molecule has 0 aliphatic carbocycles. The summed E-state index contributed by atoms with van der Waals surface area (Å²) in [4.78, 5) is 12.2. The fourth-order valence-corrected chi connectivity index (χ4v) is 1.79. The van der Waals surface area contributed by atoms with Gasteiger partial charge in [-0.05, 0) is 31.9 Å². The Morgan fingerprint density at radius 1 is 0.955 bits per heavy atom. The minimum atomic E-state index is -0.468. The van der Waals surface area contributed by atoms with Crippen molar-refractivity contribution in [3.63, 3.8) is 0 Å².